The van der Waals surface area contributed by atoms with Crippen molar-refractivity contribution >= 4 is 0 Å². The Hall–Kier alpha value is -0.910. The van der Waals surface area contributed by atoms with E-state index in [4.69, 9.17) is 14.2 Å². The van der Waals surface area contributed by atoms with E-state index in [0.29, 0.717) is 13.2 Å². The first-order valence-corrected chi connectivity index (χ1v) is 7.17. The van der Waals surface area contributed by atoms with Crippen LogP contribution in [0.15, 0.2) is 12.4 Å². The van der Waals surface area contributed by atoms with E-state index in [1.165, 1.54) is 6.42 Å². The lowest BCUT2D eigenvalue weighted by Crippen LogP contribution is -2.24. The molecule has 2 atom stereocenters. The van der Waals surface area contributed by atoms with Gasteiger partial charge in [0.2, 0.25) is 0 Å². The second kappa shape index (κ2) is 7.62. The third-order valence-corrected chi connectivity index (χ3v) is 3.30. The van der Waals surface area contributed by atoms with Gasteiger partial charge in [0, 0.05) is 32.2 Å². The lowest BCUT2D eigenvalue weighted by Gasteiger charge is -2.23. The molecule has 1 aromatic rings. The molecular formula is C14H24N2O3. The summed E-state index contributed by atoms with van der Waals surface area (Å²) in [5, 5.41) is 0. The summed E-state index contributed by atoms with van der Waals surface area (Å²) < 4.78 is 18.9. The normalized spacial score (nSPS) is 21.5. The molecule has 0 saturated carbocycles. The van der Waals surface area contributed by atoms with Crippen molar-refractivity contribution in [2.24, 2.45) is 0 Å². The Morgan fingerprint density at radius 1 is 1.53 bits per heavy atom. The predicted octanol–water partition coefficient (Wildman–Crippen LogP) is 2.52. The van der Waals surface area contributed by atoms with Crippen LogP contribution in [0.2, 0.25) is 0 Å². The molecule has 0 aliphatic carbocycles. The molecule has 0 amide bonds. The maximum atomic E-state index is 5.74. The first kappa shape index (κ1) is 14.5. The van der Waals surface area contributed by atoms with Gasteiger partial charge in [0.15, 0.2) is 6.29 Å². The van der Waals surface area contributed by atoms with E-state index >= 15 is 0 Å². The molecule has 0 spiro atoms. The molecule has 0 radical (unpaired) electrons. The zero-order chi connectivity index (χ0) is 13.5. The van der Waals surface area contributed by atoms with Gasteiger partial charge < -0.3 is 18.8 Å². The number of imidazole rings is 1. The summed E-state index contributed by atoms with van der Waals surface area (Å²) in [7, 11) is 0. The quantitative estimate of drug-likeness (QED) is 0.762. The van der Waals surface area contributed by atoms with Gasteiger partial charge in [0.1, 0.15) is 11.9 Å². The summed E-state index contributed by atoms with van der Waals surface area (Å²) in [4.78, 5) is 4.35. The molecule has 0 N–H and O–H groups in total. The average Bonchev–Trinajstić information content (AvgIpc) is 2.89. The van der Waals surface area contributed by atoms with Gasteiger partial charge in [-0.05, 0) is 33.1 Å². The van der Waals surface area contributed by atoms with Crippen LogP contribution in [0.4, 0.5) is 0 Å². The van der Waals surface area contributed by atoms with Gasteiger partial charge in [-0.3, -0.25) is 0 Å². The number of rotatable bonds is 7. The minimum Gasteiger partial charge on any atom is -0.371 e. The number of hydrogen-bond acceptors (Lipinski definition) is 4. The Morgan fingerprint density at radius 3 is 3.16 bits per heavy atom. The van der Waals surface area contributed by atoms with Gasteiger partial charge in [-0.25, -0.2) is 4.98 Å². The Balaban J connectivity index is 1.77. The van der Waals surface area contributed by atoms with Gasteiger partial charge in [-0.15, -0.1) is 0 Å². The van der Waals surface area contributed by atoms with Crippen LogP contribution in [-0.4, -0.2) is 35.7 Å². The molecule has 0 aromatic carbocycles. The van der Waals surface area contributed by atoms with Crippen LogP contribution in [0, 0.1) is 0 Å². The van der Waals surface area contributed by atoms with Gasteiger partial charge in [0.05, 0.1) is 6.61 Å². The van der Waals surface area contributed by atoms with Crippen LogP contribution in [0.3, 0.4) is 0 Å². The molecule has 0 bridgehead atoms. The minimum absolute atomic E-state index is 0.0194. The number of nitrogens with zero attached hydrogens (tertiary/aromatic N) is 2. The zero-order valence-corrected chi connectivity index (χ0v) is 11.9. The van der Waals surface area contributed by atoms with Crippen LogP contribution in [0.25, 0.3) is 0 Å². The van der Waals surface area contributed by atoms with E-state index in [9.17, 15) is 0 Å². The predicted molar refractivity (Wildman–Crippen MR) is 71.8 cm³/mol. The topological polar surface area (TPSA) is 45.5 Å². The highest BCUT2D eigenvalue weighted by molar-refractivity contribution is 4.95. The Bertz CT molecular complexity index is 361. The standard InChI is InChI=1S/C14H24N2O3/c1-3-17-12(2)14-15-7-8-16(14)9-11-19-13-6-4-5-10-18-13/h7-8,12-13H,3-6,9-11H2,1-2H3/t12-,13+/m0/s1. The van der Waals surface area contributed by atoms with Crippen LogP contribution in [0.5, 0.6) is 0 Å². The summed E-state index contributed by atoms with van der Waals surface area (Å²) in [6.07, 6.45) is 7.13. The van der Waals surface area contributed by atoms with E-state index < -0.39 is 0 Å². The van der Waals surface area contributed by atoms with Crippen molar-refractivity contribution in [3.05, 3.63) is 18.2 Å². The zero-order valence-electron chi connectivity index (χ0n) is 11.9. The number of ether oxygens (including phenoxy) is 3. The smallest absolute Gasteiger partial charge is 0.157 e. The fourth-order valence-corrected chi connectivity index (χ4v) is 2.32. The first-order chi connectivity index (χ1) is 9.31. The second-order valence-electron chi connectivity index (χ2n) is 4.74. The van der Waals surface area contributed by atoms with Crippen molar-refractivity contribution in [1.29, 1.82) is 0 Å². The van der Waals surface area contributed by atoms with Crippen molar-refractivity contribution in [3.8, 4) is 0 Å². The molecule has 19 heavy (non-hydrogen) atoms. The van der Waals surface area contributed by atoms with Gasteiger partial charge in [-0.1, -0.05) is 0 Å². The summed E-state index contributed by atoms with van der Waals surface area (Å²) >= 11 is 0. The molecular weight excluding hydrogens is 244 g/mol. The number of aromatic nitrogens is 2. The highest BCUT2D eigenvalue weighted by Gasteiger charge is 2.15. The van der Waals surface area contributed by atoms with E-state index in [-0.39, 0.29) is 12.4 Å². The fraction of sp³-hybridized carbons (Fsp3) is 0.786. The molecule has 108 valence electrons. The molecule has 2 rings (SSSR count). The van der Waals surface area contributed by atoms with Crippen LogP contribution >= 0.6 is 0 Å². The average molecular weight is 268 g/mol. The second-order valence-corrected chi connectivity index (χ2v) is 4.74. The molecule has 1 aliphatic heterocycles. The maximum Gasteiger partial charge on any atom is 0.157 e. The van der Waals surface area contributed by atoms with E-state index in [2.05, 4.69) is 9.55 Å². The molecule has 5 heteroatoms. The molecule has 5 nitrogen and oxygen atoms in total. The molecule has 1 saturated heterocycles. The highest BCUT2D eigenvalue weighted by atomic mass is 16.7. The lowest BCUT2D eigenvalue weighted by atomic mass is 10.2. The monoisotopic (exact) mass is 268 g/mol. The summed E-state index contributed by atoms with van der Waals surface area (Å²) in [6.45, 7) is 6.96. The van der Waals surface area contributed by atoms with Crippen molar-refractivity contribution < 1.29 is 14.2 Å². The maximum absolute atomic E-state index is 5.74. The summed E-state index contributed by atoms with van der Waals surface area (Å²) in [5.74, 6) is 0.954. The summed E-state index contributed by atoms with van der Waals surface area (Å²) in [6, 6.07) is 0. The van der Waals surface area contributed by atoms with Crippen molar-refractivity contribution in [1.82, 2.24) is 9.55 Å². The third-order valence-electron chi connectivity index (χ3n) is 3.30. The van der Waals surface area contributed by atoms with Crippen molar-refractivity contribution in [3.63, 3.8) is 0 Å². The molecule has 1 aliphatic rings. The Morgan fingerprint density at radius 2 is 2.42 bits per heavy atom. The molecule has 1 fully saturated rings. The third kappa shape index (κ3) is 4.30. The van der Waals surface area contributed by atoms with Gasteiger partial charge >= 0.3 is 0 Å². The highest BCUT2D eigenvalue weighted by Crippen LogP contribution is 2.16. The van der Waals surface area contributed by atoms with E-state index in [1.807, 2.05) is 26.2 Å². The van der Waals surface area contributed by atoms with Gasteiger partial charge in [-0.2, -0.15) is 0 Å². The largest absolute Gasteiger partial charge is 0.371 e. The lowest BCUT2D eigenvalue weighted by molar-refractivity contribution is -0.163. The summed E-state index contributed by atoms with van der Waals surface area (Å²) in [5.41, 5.74) is 0. The van der Waals surface area contributed by atoms with Crippen LogP contribution < -0.4 is 0 Å². The molecule has 0 unspecified atom stereocenters. The van der Waals surface area contributed by atoms with Crippen LogP contribution in [0.1, 0.15) is 45.0 Å². The van der Waals surface area contributed by atoms with E-state index in [1.54, 1.807) is 0 Å². The minimum atomic E-state index is -0.0231. The first-order valence-electron chi connectivity index (χ1n) is 7.17. The fourth-order valence-electron chi connectivity index (χ4n) is 2.32. The van der Waals surface area contributed by atoms with Crippen molar-refractivity contribution in [2.75, 3.05) is 19.8 Å². The SMILES string of the molecule is CCO[C@@H](C)c1nccn1CCO[C@@H]1CCCCO1. The van der Waals surface area contributed by atoms with Crippen LogP contribution in [-0.2, 0) is 20.8 Å². The van der Waals surface area contributed by atoms with E-state index in [0.717, 1.165) is 31.8 Å². The number of hydrogen-bond donors (Lipinski definition) is 0. The Kier molecular flexibility index (Phi) is 5.82. The van der Waals surface area contributed by atoms with Gasteiger partial charge in [0.25, 0.3) is 0 Å². The molecule has 1 aromatic heterocycles. The molecule has 2 heterocycles. The Labute approximate surface area is 114 Å². The van der Waals surface area contributed by atoms with Crippen molar-refractivity contribution in [2.45, 2.75) is 52.0 Å².